The van der Waals surface area contributed by atoms with Gasteiger partial charge in [-0.05, 0) is 38.8 Å². The highest BCUT2D eigenvalue weighted by Gasteiger charge is 2.26. The van der Waals surface area contributed by atoms with Gasteiger partial charge in [0.25, 0.3) is 0 Å². The van der Waals surface area contributed by atoms with Crippen LogP contribution in [-0.2, 0) is 6.54 Å². The predicted molar refractivity (Wildman–Crippen MR) is 74.3 cm³/mol. The first-order valence-electron chi connectivity index (χ1n) is 7.15. The topological polar surface area (TPSA) is 42.4 Å². The minimum absolute atomic E-state index is 0.514. The summed E-state index contributed by atoms with van der Waals surface area (Å²) >= 11 is 0. The molecule has 2 rings (SSSR count). The Morgan fingerprint density at radius 1 is 1.39 bits per heavy atom. The minimum Gasteiger partial charge on any atom is -0.469 e. The molecule has 1 aromatic heterocycles. The summed E-state index contributed by atoms with van der Waals surface area (Å²) in [6.07, 6.45) is 8.61. The molecule has 0 spiro atoms. The van der Waals surface area contributed by atoms with E-state index >= 15 is 0 Å². The number of likely N-dealkylation sites (N-methyl/N-ethyl adjacent to an activating group) is 1. The zero-order chi connectivity index (χ0) is 13.0. The zero-order valence-electron chi connectivity index (χ0n) is 11.7. The van der Waals surface area contributed by atoms with E-state index in [0.717, 1.165) is 24.8 Å². The van der Waals surface area contributed by atoms with E-state index in [4.69, 9.17) is 10.2 Å². The fourth-order valence-corrected chi connectivity index (χ4v) is 3.21. The highest BCUT2D eigenvalue weighted by Crippen LogP contribution is 2.29. The van der Waals surface area contributed by atoms with Crippen LogP contribution < -0.4 is 5.73 Å². The van der Waals surface area contributed by atoms with E-state index in [-0.39, 0.29) is 0 Å². The molecule has 102 valence electrons. The Morgan fingerprint density at radius 2 is 2.11 bits per heavy atom. The van der Waals surface area contributed by atoms with Gasteiger partial charge in [-0.15, -0.1) is 0 Å². The van der Waals surface area contributed by atoms with E-state index in [2.05, 4.69) is 18.0 Å². The third kappa shape index (κ3) is 3.15. The van der Waals surface area contributed by atoms with Gasteiger partial charge in [-0.3, -0.25) is 4.90 Å². The first-order valence-corrected chi connectivity index (χ1v) is 7.15. The van der Waals surface area contributed by atoms with Crippen LogP contribution in [0.3, 0.4) is 0 Å². The molecule has 1 aliphatic rings. The highest BCUT2D eigenvalue weighted by atomic mass is 16.3. The van der Waals surface area contributed by atoms with Crippen molar-refractivity contribution < 1.29 is 4.42 Å². The summed E-state index contributed by atoms with van der Waals surface area (Å²) in [4.78, 5) is 2.41. The minimum atomic E-state index is 0.514. The summed E-state index contributed by atoms with van der Waals surface area (Å²) in [6, 6.07) is 2.58. The van der Waals surface area contributed by atoms with Crippen LogP contribution in [0.25, 0.3) is 0 Å². The molecule has 1 saturated carbocycles. The van der Waals surface area contributed by atoms with Gasteiger partial charge in [0.2, 0.25) is 0 Å². The van der Waals surface area contributed by atoms with Gasteiger partial charge in [-0.2, -0.15) is 0 Å². The summed E-state index contributed by atoms with van der Waals surface area (Å²) in [5, 5.41) is 0. The number of aryl methyl sites for hydroxylation is 1. The van der Waals surface area contributed by atoms with E-state index in [9.17, 15) is 0 Å². The second kappa shape index (κ2) is 6.39. The number of rotatable bonds is 5. The van der Waals surface area contributed by atoms with Crippen LogP contribution >= 0.6 is 0 Å². The Morgan fingerprint density at radius 3 is 2.67 bits per heavy atom. The molecule has 1 unspecified atom stereocenters. The normalized spacial score (nSPS) is 19.3. The Bertz CT molecular complexity index is 355. The van der Waals surface area contributed by atoms with E-state index in [1.807, 2.05) is 6.92 Å². The van der Waals surface area contributed by atoms with Crippen LogP contribution in [-0.4, -0.2) is 24.5 Å². The molecule has 0 amide bonds. The average Bonchev–Trinajstić information content (AvgIpc) is 2.77. The van der Waals surface area contributed by atoms with Gasteiger partial charge in [0.05, 0.1) is 6.26 Å². The molecular weight excluding hydrogens is 224 g/mol. The highest BCUT2D eigenvalue weighted by molar-refractivity contribution is 5.15. The molecule has 3 nitrogen and oxygen atoms in total. The average molecular weight is 250 g/mol. The molecule has 18 heavy (non-hydrogen) atoms. The second-order valence-electron chi connectivity index (χ2n) is 5.62. The van der Waals surface area contributed by atoms with Gasteiger partial charge in [0.1, 0.15) is 5.76 Å². The van der Waals surface area contributed by atoms with Crippen molar-refractivity contribution in [1.82, 2.24) is 4.90 Å². The fraction of sp³-hybridized carbons (Fsp3) is 0.733. The summed E-state index contributed by atoms with van der Waals surface area (Å²) in [7, 11) is 2.19. The number of hydrogen-bond donors (Lipinski definition) is 1. The summed E-state index contributed by atoms with van der Waals surface area (Å²) < 4.78 is 5.37. The van der Waals surface area contributed by atoms with Crippen molar-refractivity contribution in [1.29, 1.82) is 0 Å². The molecule has 1 fully saturated rings. The third-order valence-corrected chi connectivity index (χ3v) is 4.39. The molecule has 1 heterocycles. The quantitative estimate of drug-likeness (QED) is 0.873. The lowest BCUT2D eigenvalue weighted by Crippen LogP contribution is -2.43. The molecule has 0 saturated heterocycles. The summed E-state index contributed by atoms with van der Waals surface area (Å²) in [5.74, 6) is 1.81. The maximum Gasteiger partial charge on any atom is 0.105 e. The zero-order valence-corrected chi connectivity index (χ0v) is 11.7. The second-order valence-corrected chi connectivity index (χ2v) is 5.62. The van der Waals surface area contributed by atoms with Crippen molar-refractivity contribution in [3.8, 4) is 0 Å². The van der Waals surface area contributed by atoms with Gasteiger partial charge in [0.15, 0.2) is 0 Å². The Balaban J connectivity index is 1.96. The Kier molecular flexibility index (Phi) is 4.84. The van der Waals surface area contributed by atoms with Gasteiger partial charge in [0, 0.05) is 24.7 Å². The van der Waals surface area contributed by atoms with Crippen LogP contribution in [0.4, 0.5) is 0 Å². The lowest BCUT2D eigenvalue weighted by Gasteiger charge is -2.36. The van der Waals surface area contributed by atoms with E-state index in [1.165, 1.54) is 37.7 Å². The first-order chi connectivity index (χ1) is 8.72. The predicted octanol–water partition coefficient (Wildman–Crippen LogP) is 2.93. The number of nitrogens with zero attached hydrogens (tertiary/aromatic N) is 1. The van der Waals surface area contributed by atoms with Crippen LogP contribution in [0.15, 0.2) is 16.7 Å². The van der Waals surface area contributed by atoms with Crippen LogP contribution in [0, 0.1) is 12.8 Å². The molecule has 1 atom stereocenters. The standard InChI is InChI=1S/C15H26N2O/c1-12-14(8-9-18-12)11-17(2)15(10-16)13-6-4-3-5-7-13/h8-9,13,15H,3-7,10-11,16H2,1-2H3. The molecule has 0 bridgehead atoms. The van der Waals surface area contributed by atoms with Gasteiger partial charge in [-0.25, -0.2) is 0 Å². The van der Waals surface area contributed by atoms with Crippen molar-refractivity contribution >= 4 is 0 Å². The van der Waals surface area contributed by atoms with Gasteiger partial charge < -0.3 is 10.2 Å². The molecule has 3 heteroatoms. The number of furan rings is 1. The van der Waals surface area contributed by atoms with Crippen molar-refractivity contribution in [2.75, 3.05) is 13.6 Å². The fourth-order valence-electron chi connectivity index (χ4n) is 3.21. The maximum atomic E-state index is 6.01. The molecule has 2 N–H and O–H groups in total. The van der Waals surface area contributed by atoms with Crippen LogP contribution in [0.5, 0.6) is 0 Å². The molecule has 1 aromatic rings. The Labute approximate surface area is 110 Å². The SMILES string of the molecule is Cc1occc1CN(C)C(CN)C1CCCCC1. The smallest absolute Gasteiger partial charge is 0.105 e. The van der Waals surface area contributed by atoms with Gasteiger partial charge >= 0.3 is 0 Å². The molecule has 0 radical (unpaired) electrons. The maximum absolute atomic E-state index is 6.01. The van der Waals surface area contributed by atoms with Crippen molar-refractivity contribution in [2.45, 2.75) is 51.6 Å². The van der Waals surface area contributed by atoms with E-state index in [0.29, 0.717) is 6.04 Å². The van der Waals surface area contributed by atoms with Crippen molar-refractivity contribution in [3.05, 3.63) is 23.7 Å². The number of nitrogens with two attached hydrogens (primary N) is 1. The Hall–Kier alpha value is -0.800. The monoisotopic (exact) mass is 250 g/mol. The van der Waals surface area contributed by atoms with Crippen LogP contribution in [0.1, 0.15) is 43.4 Å². The van der Waals surface area contributed by atoms with Crippen molar-refractivity contribution in [3.63, 3.8) is 0 Å². The molecule has 1 aliphatic carbocycles. The van der Waals surface area contributed by atoms with E-state index < -0.39 is 0 Å². The molecule has 0 aliphatic heterocycles. The summed E-state index contributed by atoms with van der Waals surface area (Å²) in [5.41, 5.74) is 7.29. The van der Waals surface area contributed by atoms with Gasteiger partial charge in [-0.1, -0.05) is 19.3 Å². The first kappa shape index (κ1) is 13.6. The van der Waals surface area contributed by atoms with E-state index in [1.54, 1.807) is 6.26 Å². The number of hydrogen-bond acceptors (Lipinski definition) is 3. The third-order valence-electron chi connectivity index (χ3n) is 4.39. The lowest BCUT2D eigenvalue weighted by atomic mass is 9.83. The summed E-state index contributed by atoms with van der Waals surface area (Å²) in [6.45, 7) is 3.74. The molecular formula is C15H26N2O. The largest absolute Gasteiger partial charge is 0.469 e. The lowest BCUT2D eigenvalue weighted by molar-refractivity contribution is 0.142. The van der Waals surface area contributed by atoms with Crippen molar-refractivity contribution in [2.24, 2.45) is 11.7 Å². The molecule has 0 aromatic carbocycles. The van der Waals surface area contributed by atoms with Crippen LogP contribution in [0.2, 0.25) is 0 Å².